The van der Waals surface area contributed by atoms with Crippen molar-refractivity contribution >= 4 is 22.3 Å². The van der Waals surface area contributed by atoms with Crippen molar-refractivity contribution in [2.75, 3.05) is 0 Å². The van der Waals surface area contributed by atoms with Crippen LogP contribution in [0.5, 0.6) is 0 Å². The summed E-state index contributed by atoms with van der Waals surface area (Å²) >= 11 is 0. The van der Waals surface area contributed by atoms with Crippen molar-refractivity contribution in [1.29, 1.82) is 10.5 Å². The normalized spacial score (nSPS) is 15.0. The average Bonchev–Trinajstić information content (AvgIpc) is 3.47. The van der Waals surface area contributed by atoms with Crippen molar-refractivity contribution in [1.82, 2.24) is 0 Å². The topological polar surface area (TPSA) is 56.3 Å². The second-order valence-electron chi connectivity index (χ2n) is 9.42. The lowest BCUT2D eigenvalue weighted by Crippen LogP contribution is -1.99. The molecule has 0 saturated heterocycles. The number of halogens is 4. The number of benzene rings is 4. The summed E-state index contributed by atoms with van der Waals surface area (Å²) in [5.41, 5.74) is 2.94. The fourth-order valence-electron chi connectivity index (χ4n) is 5.75. The van der Waals surface area contributed by atoms with Gasteiger partial charge in [0.15, 0.2) is 0 Å². The van der Waals surface area contributed by atoms with Crippen LogP contribution in [0.3, 0.4) is 0 Å². The van der Waals surface area contributed by atoms with Gasteiger partial charge in [-0.3, -0.25) is 0 Å². The number of allylic oxidation sites excluding steroid dienone is 6. The third-order valence-corrected chi connectivity index (χ3v) is 7.17. The molecule has 196 valence electrons. The van der Waals surface area contributed by atoms with E-state index in [1.54, 1.807) is 36.4 Å². The second kappa shape index (κ2) is 9.76. The molecule has 0 aliphatic heterocycles. The molecule has 0 N–H and O–H groups in total. The minimum atomic E-state index is -0.824. The lowest BCUT2D eigenvalue weighted by Gasteiger charge is -2.19. The van der Waals surface area contributed by atoms with Gasteiger partial charge >= 0.3 is 0 Å². The highest BCUT2D eigenvalue weighted by atomic mass is 19.1. The molecule has 0 saturated carbocycles. The molecule has 6 rings (SSSR count). The van der Waals surface area contributed by atoms with Crippen LogP contribution >= 0.6 is 0 Å². The van der Waals surface area contributed by atoms with E-state index in [2.05, 4.69) is 9.69 Å². The molecule has 0 radical (unpaired) electrons. The van der Waals surface area contributed by atoms with Crippen LogP contribution in [0.15, 0.2) is 84.2 Å². The van der Waals surface area contributed by atoms with Crippen molar-refractivity contribution in [3.05, 3.63) is 153 Å². The molecule has 0 atom stereocenters. The number of nitrogens with zero attached hydrogens (tertiary/aromatic N) is 4. The largest absolute Gasteiger partial charge is 0.270 e. The van der Waals surface area contributed by atoms with Crippen LogP contribution in [0, 0.1) is 59.1 Å². The van der Waals surface area contributed by atoms with E-state index in [4.69, 9.17) is 13.1 Å². The lowest BCUT2D eigenvalue weighted by molar-refractivity contribution is 0.583. The number of nitriles is 2. The maximum absolute atomic E-state index is 14.3. The second-order valence-corrected chi connectivity index (χ2v) is 9.42. The third-order valence-electron chi connectivity index (χ3n) is 7.17. The van der Waals surface area contributed by atoms with E-state index in [0.717, 1.165) is 36.4 Å². The lowest BCUT2D eigenvalue weighted by atomic mass is 9.84. The Morgan fingerprint density at radius 3 is 1.19 bits per heavy atom. The Kier molecular flexibility index (Phi) is 6.05. The zero-order valence-corrected chi connectivity index (χ0v) is 21.2. The Labute approximate surface area is 237 Å². The Bertz CT molecular complexity index is 1950. The molecular weight excluding hydrogens is 540 g/mol. The van der Waals surface area contributed by atoms with Gasteiger partial charge in [-0.2, -0.15) is 0 Å². The third kappa shape index (κ3) is 3.80. The molecule has 4 aromatic carbocycles. The summed E-state index contributed by atoms with van der Waals surface area (Å²) in [5, 5.41) is 20.1. The Balaban J connectivity index is 1.77. The SMILES string of the molecule is [C-]#[N+]/C(C#N)=C1C2=C(/C(=C(\C#N)[N+]#[C-])c3c2cccc3-c2cc(F)cc(F)c2)c2cccc(-c3cc(F)cc(F)c3)c2\1. The molecule has 4 aromatic rings. The summed E-state index contributed by atoms with van der Waals surface area (Å²) in [6, 6.07) is 19.6. The van der Waals surface area contributed by atoms with Gasteiger partial charge in [-0.15, -0.1) is 0 Å². The summed E-state index contributed by atoms with van der Waals surface area (Å²) < 4.78 is 57.2. The molecule has 0 amide bonds. The minimum Gasteiger partial charge on any atom is -0.226 e. The molecule has 42 heavy (non-hydrogen) atoms. The summed E-state index contributed by atoms with van der Waals surface area (Å²) in [7, 11) is 0. The van der Waals surface area contributed by atoms with Crippen LogP contribution in [-0.2, 0) is 0 Å². The zero-order valence-electron chi connectivity index (χ0n) is 21.2. The van der Waals surface area contributed by atoms with Crippen LogP contribution in [-0.4, -0.2) is 0 Å². The Morgan fingerprint density at radius 2 is 0.881 bits per heavy atom. The quantitative estimate of drug-likeness (QED) is 0.142. The van der Waals surface area contributed by atoms with Crippen LogP contribution in [0.2, 0.25) is 0 Å². The van der Waals surface area contributed by atoms with E-state index in [-0.39, 0.29) is 33.7 Å². The van der Waals surface area contributed by atoms with Crippen molar-refractivity contribution in [3.63, 3.8) is 0 Å². The monoisotopic (exact) mass is 552 g/mol. The standard InChI is InChI=1S/C34H12F4N4/c1-41-27(15-39)33-29-23(17-9-19(35)13-20(36)10-17)5-3-7-25(29)32-31(33)26-8-4-6-24(18-11-21(37)14-22(38)12-18)30(26)34(32)28(16-40)42-2/h3-14H/b33-27-,34-28+. The van der Waals surface area contributed by atoms with Crippen LogP contribution in [0.4, 0.5) is 17.6 Å². The summed E-state index contributed by atoms with van der Waals surface area (Å²) in [6.07, 6.45) is 0. The predicted molar refractivity (Wildman–Crippen MR) is 149 cm³/mol. The molecule has 2 aliphatic carbocycles. The van der Waals surface area contributed by atoms with E-state index >= 15 is 0 Å². The molecule has 0 spiro atoms. The van der Waals surface area contributed by atoms with Gasteiger partial charge in [0, 0.05) is 23.3 Å². The highest BCUT2D eigenvalue weighted by Crippen LogP contribution is 2.62. The smallest absolute Gasteiger partial charge is 0.226 e. The van der Waals surface area contributed by atoms with Crippen LogP contribution in [0.1, 0.15) is 22.3 Å². The minimum absolute atomic E-state index is 0.158. The molecule has 0 heterocycles. The van der Waals surface area contributed by atoms with Crippen LogP contribution in [0.25, 0.3) is 54.2 Å². The highest BCUT2D eigenvalue weighted by Gasteiger charge is 2.41. The first kappa shape index (κ1) is 26.0. The Hall–Kier alpha value is -6.22. The maximum Gasteiger partial charge on any atom is 0.270 e. The fourth-order valence-corrected chi connectivity index (χ4v) is 5.75. The number of fused-ring (bicyclic) bond motifs is 4. The summed E-state index contributed by atoms with van der Waals surface area (Å²) in [4.78, 5) is 6.90. The predicted octanol–water partition coefficient (Wildman–Crippen LogP) is 8.82. The molecule has 2 aliphatic rings. The van der Waals surface area contributed by atoms with Gasteiger partial charge in [0.05, 0.1) is 25.3 Å². The van der Waals surface area contributed by atoms with E-state index in [0.29, 0.717) is 44.5 Å². The highest BCUT2D eigenvalue weighted by molar-refractivity contribution is 6.39. The van der Waals surface area contributed by atoms with Crippen molar-refractivity contribution in [2.45, 2.75) is 0 Å². The molecule has 0 aromatic heterocycles. The summed E-state index contributed by atoms with van der Waals surface area (Å²) in [5.74, 6) is -3.30. The number of hydrogen-bond donors (Lipinski definition) is 0. The molecule has 0 unspecified atom stereocenters. The molecule has 8 heteroatoms. The number of hydrogen-bond acceptors (Lipinski definition) is 2. The first-order valence-electron chi connectivity index (χ1n) is 12.3. The first-order valence-corrected chi connectivity index (χ1v) is 12.3. The first-order chi connectivity index (χ1) is 20.3. The van der Waals surface area contributed by atoms with Crippen molar-refractivity contribution in [3.8, 4) is 34.4 Å². The Morgan fingerprint density at radius 1 is 0.548 bits per heavy atom. The van der Waals surface area contributed by atoms with E-state index in [1.807, 2.05) is 12.1 Å². The van der Waals surface area contributed by atoms with Gasteiger partial charge in [-0.1, -0.05) is 36.4 Å². The molecule has 0 fully saturated rings. The molecular formula is C34H12F4N4. The van der Waals surface area contributed by atoms with Gasteiger partial charge in [0.2, 0.25) is 0 Å². The van der Waals surface area contributed by atoms with E-state index < -0.39 is 23.3 Å². The average molecular weight is 552 g/mol. The van der Waals surface area contributed by atoms with Gasteiger partial charge in [0.1, 0.15) is 23.3 Å². The van der Waals surface area contributed by atoms with Crippen LogP contribution < -0.4 is 0 Å². The molecule has 4 nitrogen and oxygen atoms in total. The zero-order chi connectivity index (χ0) is 29.7. The van der Waals surface area contributed by atoms with E-state index in [9.17, 15) is 28.1 Å². The molecule has 0 bridgehead atoms. The summed E-state index contributed by atoms with van der Waals surface area (Å²) in [6.45, 7) is 15.6. The van der Waals surface area contributed by atoms with Gasteiger partial charge in [-0.05, 0) is 79.9 Å². The maximum atomic E-state index is 14.3. The van der Waals surface area contributed by atoms with E-state index in [1.165, 1.54) is 0 Å². The number of rotatable bonds is 2. The van der Waals surface area contributed by atoms with Crippen molar-refractivity contribution < 1.29 is 17.6 Å². The van der Waals surface area contributed by atoms with Gasteiger partial charge in [0.25, 0.3) is 11.4 Å². The van der Waals surface area contributed by atoms with Crippen molar-refractivity contribution in [2.24, 2.45) is 0 Å². The van der Waals surface area contributed by atoms with Gasteiger partial charge < -0.3 is 0 Å². The fraction of sp³-hybridized carbons (Fsp3) is 0. The van der Waals surface area contributed by atoms with Gasteiger partial charge in [-0.25, -0.2) is 37.8 Å².